The van der Waals surface area contributed by atoms with E-state index in [1.807, 2.05) is 67.6 Å². The summed E-state index contributed by atoms with van der Waals surface area (Å²) < 4.78 is 25.3. The van der Waals surface area contributed by atoms with Crippen LogP contribution in [0.4, 0.5) is 0 Å². The Hall–Kier alpha value is -2.92. The summed E-state index contributed by atoms with van der Waals surface area (Å²) in [4.78, 5) is 5.60. The van der Waals surface area contributed by atoms with Crippen molar-refractivity contribution in [2.75, 3.05) is 7.11 Å². The molecule has 0 aliphatic heterocycles. The number of benzene rings is 2. The molecule has 5 heteroatoms. The Morgan fingerprint density at radius 1 is 1.00 bits per heavy atom. The molecule has 1 atom stereocenters. The molecule has 160 valence electrons. The predicted octanol–water partition coefficient (Wildman–Crippen LogP) is 6.03. The van der Waals surface area contributed by atoms with Crippen molar-refractivity contribution in [2.45, 2.75) is 43.6 Å². The van der Waals surface area contributed by atoms with Crippen molar-refractivity contribution in [1.29, 1.82) is 0 Å². The number of ether oxygens (including phenoxy) is 2. The molecule has 2 aromatic carbocycles. The summed E-state index contributed by atoms with van der Waals surface area (Å²) in [6, 6.07) is 17.4. The summed E-state index contributed by atoms with van der Waals surface area (Å²) in [5.74, 6) is 1.45. The van der Waals surface area contributed by atoms with Gasteiger partial charge in [0.15, 0.2) is 11.5 Å². The highest BCUT2D eigenvalue weighted by Gasteiger charge is 2.19. The molecule has 4 rings (SSSR count). The maximum absolute atomic E-state index is 13.5. The van der Waals surface area contributed by atoms with Crippen LogP contribution in [0.25, 0.3) is 11.0 Å². The van der Waals surface area contributed by atoms with Crippen LogP contribution in [-0.4, -0.2) is 22.4 Å². The second-order valence-electron chi connectivity index (χ2n) is 7.76. The van der Waals surface area contributed by atoms with E-state index in [1.165, 1.54) is 12.8 Å². The molecular weight excluding hydrogens is 406 g/mol. The van der Waals surface area contributed by atoms with Crippen LogP contribution in [-0.2, 0) is 10.8 Å². The molecule has 31 heavy (non-hydrogen) atoms. The topological polar surface area (TPSA) is 48.4 Å². The van der Waals surface area contributed by atoms with Crippen molar-refractivity contribution in [3.8, 4) is 11.5 Å². The fourth-order valence-electron chi connectivity index (χ4n) is 3.76. The van der Waals surface area contributed by atoms with E-state index in [2.05, 4.69) is 4.98 Å². The Labute approximate surface area is 186 Å². The van der Waals surface area contributed by atoms with Crippen molar-refractivity contribution in [1.82, 2.24) is 4.98 Å². The lowest BCUT2D eigenvalue weighted by Crippen LogP contribution is -2.11. The number of nitrogens with zero attached hydrogens (tertiary/aromatic N) is 1. The van der Waals surface area contributed by atoms with Gasteiger partial charge in [-0.2, -0.15) is 0 Å². The number of hydrogen-bond acceptors (Lipinski definition) is 4. The number of hydrogen-bond donors (Lipinski definition) is 0. The third-order valence-electron chi connectivity index (χ3n) is 5.48. The normalized spacial score (nSPS) is 15.6. The van der Waals surface area contributed by atoms with Crippen molar-refractivity contribution >= 4 is 21.8 Å². The van der Waals surface area contributed by atoms with E-state index < -0.39 is 10.8 Å². The van der Waals surface area contributed by atoms with E-state index in [0.29, 0.717) is 5.75 Å². The summed E-state index contributed by atoms with van der Waals surface area (Å²) in [6.45, 7) is 2.02. The Morgan fingerprint density at radius 2 is 1.71 bits per heavy atom. The number of pyridine rings is 1. The maximum Gasteiger partial charge on any atom is 0.162 e. The average Bonchev–Trinajstić information content (AvgIpc) is 3.31. The van der Waals surface area contributed by atoms with Gasteiger partial charge in [0.1, 0.15) is 0 Å². The smallest absolute Gasteiger partial charge is 0.162 e. The van der Waals surface area contributed by atoms with Gasteiger partial charge in [-0.25, -0.2) is 4.21 Å². The van der Waals surface area contributed by atoms with Gasteiger partial charge >= 0.3 is 0 Å². The van der Waals surface area contributed by atoms with E-state index in [9.17, 15) is 4.21 Å². The molecule has 1 fully saturated rings. The number of rotatable bonds is 7. The van der Waals surface area contributed by atoms with Crippen LogP contribution in [0.1, 0.15) is 42.4 Å². The van der Waals surface area contributed by atoms with Crippen LogP contribution >= 0.6 is 0 Å². The van der Waals surface area contributed by atoms with Gasteiger partial charge in [0.05, 0.1) is 28.9 Å². The summed E-state index contributed by atoms with van der Waals surface area (Å²) in [5.41, 5.74) is 2.93. The van der Waals surface area contributed by atoms with Gasteiger partial charge in [-0.1, -0.05) is 23.8 Å². The largest absolute Gasteiger partial charge is 0.493 e. The quantitative estimate of drug-likeness (QED) is 0.457. The molecular formula is C26H27NO3S. The molecule has 0 bridgehead atoms. The molecule has 1 unspecified atom stereocenters. The molecule has 0 radical (unpaired) electrons. The molecule has 0 amide bonds. The average molecular weight is 434 g/mol. The molecule has 0 N–H and O–H groups in total. The van der Waals surface area contributed by atoms with Crippen LogP contribution in [0.2, 0.25) is 0 Å². The van der Waals surface area contributed by atoms with E-state index in [1.54, 1.807) is 19.5 Å². The molecule has 1 heterocycles. The lowest BCUT2D eigenvalue weighted by Gasteiger charge is -2.16. The van der Waals surface area contributed by atoms with Gasteiger partial charge in [-0.15, -0.1) is 0 Å². The molecule has 0 saturated heterocycles. The molecule has 1 saturated carbocycles. The van der Waals surface area contributed by atoms with E-state index in [4.69, 9.17) is 9.47 Å². The summed E-state index contributed by atoms with van der Waals surface area (Å²) in [6.07, 6.45) is 10.2. The zero-order chi connectivity index (χ0) is 21.6. The highest BCUT2D eigenvalue weighted by Crippen LogP contribution is 2.34. The van der Waals surface area contributed by atoms with Crippen LogP contribution in [0.3, 0.4) is 0 Å². The first-order valence-electron chi connectivity index (χ1n) is 10.6. The van der Waals surface area contributed by atoms with Crippen molar-refractivity contribution in [2.24, 2.45) is 0 Å². The minimum absolute atomic E-state index is 0.231. The van der Waals surface area contributed by atoms with Crippen molar-refractivity contribution in [3.05, 3.63) is 83.7 Å². The Morgan fingerprint density at radius 3 is 2.39 bits per heavy atom. The SMILES string of the molecule is COc1ccc(/C=C(\c2ccncc2)S(=O)c2ccc(C)cc2)cc1OC1CCCC1. The van der Waals surface area contributed by atoms with E-state index in [-0.39, 0.29) is 6.10 Å². The summed E-state index contributed by atoms with van der Waals surface area (Å²) in [7, 11) is 0.317. The summed E-state index contributed by atoms with van der Waals surface area (Å²) >= 11 is 0. The predicted molar refractivity (Wildman–Crippen MR) is 126 cm³/mol. The lowest BCUT2D eigenvalue weighted by atomic mass is 10.1. The van der Waals surface area contributed by atoms with Crippen LogP contribution in [0, 0.1) is 6.92 Å². The second-order valence-corrected chi connectivity index (χ2v) is 9.21. The molecule has 1 aliphatic rings. The van der Waals surface area contributed by atoms with Crippen molar-refractivity contribution < 1.29 is 13.7 Å². The molecule has 1 aliphatic carbocycles. The molecule has 0 spiro atoms. The number of aryl methyl sites for hydroxylation is 1. The highest BCUT2D eigenvalue weighted by atomic mass is 32.2. The Kier molecular flexibility index (Phi) is 6.82. The minimum atomic E-state index is -1.34. The Bertz CT molecular complexity index is 1070. The summed E-state index contributed by atoms with van der Waals surface area (Å²) in [5, 5.41) is 0. The van der Waals surface area contributed by atoms with Crippen LogP contribution < -0.4 is 9.47 Å². The maximum atomic E-state index is 13.5. The minimum Gasteiger partial charge on any atom is -0.493 e. The van der Waals surface area contributed by atoms with Gasteiger partial charge in [0, 0.05) is 17.3 Å². The lowest BCUT2D eigenvalue weighted by molar-refractivity contribution is 0.201. The third kappa shape index (κ3) is 5.23. The standard InChI is InChI=1S/C26H27NO3S/c1-19-7-10-23(11-8-19)31(28)26(21-13-15-27-16-14-21)18-20-9-12-24(29-2)25(17-20)30-22-5-3-4-6-22/h7-18,22H,3-6H2,1-2H3/b26-18+. The third-order valence-corrected chi connectivity index (χ3v) is 6.93. The number of methoxy groups -OCH3 is 1. The first-order valence-corrected chi connectivity index (χ1v) is 11.7. The Balaban J connectivity index is 1.73. The molecule has 4 nitrogen and oxygen atoms in total. The van der Waals surface area contributed by atoms with Gasteiger partial charge in [0.25, 0.3) is 0 Å². The van der Waals surface area contributed by atoms with Gasteiger partial charge in [0.2, 0.25) is 0 Å². The van der Waals surface area contributed by atoms with Gasteiger partial charge in [-0.05, 0) is 86.2 Å². The first-order chi connectivity index (χ1) is 15.1. The monoisotopic (exact) mass is 433 g/mol. The van der Waals surface area contributed by atoms with E-state index in [0.717, 1.165) is 45.1 Å². The second kappa shape index (κ2) is 9.92. The highest BCUT2D eigenvalue weighted by molar-refractivity contribution is 7.94. The molecule has 3 aromatic rings. The zero-order valence-corrected chi connectivity index (χ0v) is 18.7. The number of aromatic nitrogens is 1. The van der Waals surface area contributed by atoms with Crippen molar-refractivity contribution in [3.63, 3.8) is 0 Å². The van der Waals surface area contributed by atoms with Gasteiger partial charge < -0.3 is 9.47 Å². The van der Waals surface area contributed by atoms with Crippen LogP contribution in [0.15, 0.2) is 71.9 Å². The fraction of sp³-hybridized carbons (Fsp3) is 0.269. The van der Waals surface area contributed by atoms with Gasteiger partial charge in [-0.3, -0.25) is 4.98 Å². The zero-order valence-electron chi connectivity index (χ0n) is 17.9. The van der Waals surface area contributed by atoms with Crippen LogP contribution in [0.5, 0.6) is 11.5 Å². The molecule has 1 aromatic heterocycles. The van der Waals surface area contributed by atoms with E-state index >= 15 is 0 Å². The first kappa shape index (κ1) is 21.3. The fourth-order valence-corrected chi connectivity index (χ4v) is 4.99.